The van der Waals surface area contributed by atoms with Crippen molar-refractivity contribution in [1.29, 1.82) is 0 Å². The third-order valence-corrected chi connectivity index (χ3v) is 2.96. The molecule has 7 nitrogen and oxygen atoms in total. The Balaban J connectivity index is 3.93. The summed E-state index contributed by atoms with van der Waals surface area (Å²) in [5.41, 5.74) is 0. The molecule has 8 heteroatoms. The third-order valence-electron chi connectivity index (χ3n) is 1.77. The summed E-state index contributed by atoms with van der Waals surface area (Å²) in [4.78, 5) is 0. The van der Waals surface area contributed by atoms with Gasteiger partial charge in [0.25, 0.3) is 0 Å². The minimum atomic E-state index is -4.43. The van der Waals surface area contributed by atoms with Gasteiger partial charge in [0.2, 0.25) is 0 Å². The maximum Gasteiger partial charge on any atom is 0.0999 e. The molecular weight excluding hydrogens is 240 g/mol. The second-order valence-electron chi connectivity index (χ2n) is 3.04. The lowest BCUT2D eigenvalue weighted by Gasteiger charge is -2.20. The van der Waals surface area contributed by atoms with Crippen LogP contribution in [0.3, 0.4) is 0 Å². The number of ether oxygens (including phenoxy) is 2. The van der Waals surface area contributed by atoms with Crippen LogP contribution in [0.25, 0.3) is 0 Å². The predicted molar refractivity (Wildman–Crippen MR) is 53.9 cm³/mol. The lowest BCUT2D eigenvalue weighted by atomic mass is 10.3. The third kappa shape index (κ3) is 7.97. The average molecular weight is 257 g/mol. The normalized spacial score (nSPS) is 13.9. The van der Waals surface area contributed by atoms with Crippen molar-refractivity contribution < 1.29 is 32.7 Å². The van der Waals surface area contributed by atoms with Gasteiger partial charge in [-0.2, -0.15) is 0 Å². The monoisotopic (exact) mass is 257 g/mol. The molecule has 0 amide bonds. The molecule has 16 heavy (non-hydrogen) atoms. The highest BCUT2D eigenvalue weighted by molar-refractivity contribution is 7.86. The van der Waals surface area contributed by atoms with E-state index in [1.807, 2.05) is 0 Å². The second-order valence-corrected chi connectivity index (χ2v) is 4.69. The molecule has 0 radical (unpaired) electrons. The first-order valence-corrected chi connectivity index (χ1v) is 6.31. The van der Waals surface area contributed by atoms with Crippen molar-refractivity contribution in [2.45, 2.75) is 11.7 Å². The smallest absolute Gasteiger partial charge is 0.0999 e. The first kappa shape index (κ1) is 15.8. The van der Waals surface area contributed by atoms with Gasteiger partial charge in [-0.05, 0) is 6.42 Å². The zero-order valence-electron chi connectivity index (χ0n) is 8.87. The van der Waals surface area contributed by atoms with E-state index in [-0.39, 0.29) is 46.1 Å². The molecule has 0 bridgehead atoms. The highest BCUT2D eigenvalue weighted by Gasteiger charge is 2.16. The van der Waals surface area contributed by atoms with Gasteiger partial charge in [0.15, 0.2) is 0 Å². The summed E-state index contributed by atoms with van der Waals surface area (Å²) in [5, 5.41) is 15.6. The fourth-order valence-corrected chi connectivity index (χ4v) is 1.62. The maximum absolute atomic E-state index is 10.8. The van der Waals surface area contributed by atoms with E-state index in [0.717, 1.165) is 0 Å². The van der Waals surface area contributed by atoms with Crippen molar-refractivity contribution in [2.75, 3.05) is 39.6 Å². The number of aliphatic hydroxyl groups excluding tert-OH is 2. The molecule has 0 fully saturated rings. The van der Waals surface area contributed by atoms with E-state index in [0.29, 0.717) is 0 Å². The number of hydrogen-bond donors (Lipinski definition) is 2. The van der Waals surface area contributed by atoms with E-state index in [1.54, 1.807) is 0 Å². The van der Waals surface area contributed by atoms with Crippen LogP contribution in [0.5, 0.6) is 0 Å². The van der Waals surface area contributed by atoms with Crippen molar-refractivity contribution in [1.82, 2.24) is 0 Å². The van der Waals surface area contributed by atoms with Crippen molar-refractivity contribution >= 4 is 10.1 Å². The van der Waals surface area contributed by atoms with Crippen molar-refractivity contribution in [3.63, 3.8) is 0 Å². The molecule has 2 N–H and O–H groups in total. The molecule has 0 rings (SSSR count). The Labute approximate surface area is 94.7 Å². The van der Waals surface area contributed by atoms with Crippen molar-refractivity contribution in [2.24, 2.45) is 0 Å². The highest BCUT2D eigenvalue weighted by Crippen LogP contribution is 2.05. The predicted octanol–water partition coefficient (Wildman–Crippen LogP) is -1.69. The Morgan fingerprint density at radius 2 is 1.62 bits per heavy atom. The molecule has 0 heterocycles. The maximum atomic E-state index is 10.8. The van der Waals surface area contributed by atoms with Crippen LogP contribution < -0.4 is 0 Å². The van der Waals surface area contributed by atoms with E-state index in [1.165, 1.54) is 0 Å². The molecule has 0 saturated heterocycles. The largest absolute Gasteiger partial charge is 0.748 e. The van der Waals surface area contributed by atoms with E-state index < -0.39 is 15.4 Å². The summed E-state index contributed by atoms with van der Waals surface area (Å²) in [6, 6.07) is 0. The molecule has 0 saturated carbocycles. The van der Waals surface area contributed by atoms with Crippen LogP contribution in [0.15, 0.2) is 0 Å². The van der Waals surface area contributed by atoms with Gasteiger partial charge in [0, 0.05) is 6.61 Å². The zero-order chi connectivity index (χ0) is 12.4. The minimum Gasteiger partial charge on any atom is -0.748 e. The second kappa shape index (κ2) is 8.85. The van der Waals surface area contributed by atoms with Crippen LogP contribution in [0, 0.1) is 0 Å². The molecule has 0 aliphatic rings. The summed E-state index contributed by atoms with van der Waals surface area (Å²) in [5.74, 6) is 0. The van der Waals surface area contributed by atoms with Gasteiger partial charge >= 0.3 is 0 Å². The quantitative estimate of drug-likeness (QED) is 0.354. The standard InChI is InChI=1S/C8H18O7S/c9-2-5-14-4-1-8(16(11,12)13)7-15-6-3-10/h8-10H,1-7H2,(H,11,12,13)/p-1. The Hall–Kier alpha value is -0.250. The molecule has 98 valence electrons. The van der Waals surface area contributed by atoms with Gasteiger partial charge < -0.3 is 24.2 Å². The summed E-state index contributed by atoms with van der Waals surface area (Å²) in [6.07, 6.45) is 0.0112. The van der Waals surface area contributed by atoms with Crippen LogP contribution in [0.2, 0.25) is 0 Å². The molecule has 1 unspecified atom stereocenters. The molecule has 0 aromatic carbocycles. The SMILES string of the molecule is O=S(=O)([O-])C(CCOCCO)COCCO. The fraction of sp³-hybridized carbons (Fsp3) is 1.00. The van der Waals surface area contributed by atoms with Crippen LogP contribution in [0.1, 0.15) is 6.42 Å². The summed E-state index contributed by atoms with van der Waals surface area (Å²) in [6.45, 7) is -0.487. The first-order valence-electron chi connectivity index (χ1n) is 4.84. The van der Waals surface area contributed by atoms with Crippen LogP contribution in [-0.2, 0) is 19.6 Å². The molecule has 1 atom stereocenters. The van der Waals surface area contributed by atoms with Gasteiger partial charge in [-0.25, -0.2) is 8.42 Å². The summed E-state index contributed by atoms with van der Waals surface area (Å²) >= 11 is 0. The van der Waals surface area contributed by atoms with E-state index in [2.05, 4.69) is 0 Å². The van der Waals surface area contributed by atoms with Gasteiger partial charge in [0.1, 0.15) is 0 Å². The number of rotatable bonds is 10. The average Bonchev–Trinajstić information content (AvgIpc) is 2.20. The molecular formula is C8H17O7S-. The van der Waals surface area contributed by atoms with E-state index in [9.17, 15) is 13.0 Å². The first-order chi connectivity index (χ1) is 7.52. The molecule has 0 spiro atoms. The van der Waals surface area contributed by atoms with Gasteiger partial charge in [-0.15, -0.1) is 0 Å². The van der Waals surface area contributed by atoms with Gasteiger partial charge in [-0.1, -0.05) is 0 Å². The summed E-state index contributed by atoms with van der Waals surface area (Å²) < 4.78 is 42.0. The Morgan fingerprint density at radius 1 is 1.06 bits per heavy atom. The zero-order valence-corrected chi connectivity index (χ0v) is 9.69. The van der Waals surface area contributed by atoms with E-state index in [4.69, 9.17) is 19.7 Å². The van der Waals surface area contributed by atoms with Crippen molar-refractivity contribution in [3.05, 3.63) is 0 Å². The lowest BCUT2D eigenvalue weighted by molar-refractivity contribution is 0.0694. The molecule has 0 aliphatic heterocycles. The van der Waals surface area contributed by atoms with Gasteiger partial charge in [0.05, 0.1) is 48.4 Å². The van der Waals surface area contributed by atoms with E-state index >= 15 is 0 Å². The number of aliphatic hydroxyl groups is 2. The van der Waals surface area contributed by atoms with Crippen LogP contribution >= 0.6 is 0 Å². The molecule has 0 aromatic rings. The Kier molecular flexibility index (Phi) is 8.71. The van der Waals surface area contributed by atoms with Crippen molar-refractivity contribution in [3.8, 4) is 0 Å². The molecule has 0 aliphatic carbocycles. The summed E-state index contributed by atoms with van der Waals surface area (Å²) in [7, 11) is -4.43. The molecule has 0 aromatic heterocycles. The fourth-order valence-electron chi connectivity index (χ4n) is 0.972. The van der Waals surface area contributed by atoms with Crippen LogP contribution in [0.4, 0.5) is 0 Å². The highest BCUT2D eigenvalue weighted by atomic mass is 32.2. The number of hydrogen-bond acceptors (Lipinski definition) is 7. The lowest BCUT2D eigenvalue weighted by Crippen LogP contribution is -2.28. The van der Waals surface area contributed by atoms with Crippen LogP contribution in [-0.4, -0.2) is 68.1 Å². The van der Waals surface area contributed by atoms with Gasteiger partial charge in [-0.3, -0.25) is 0 Å². The topological polar surface area (TPSA) is 116 Å². The Morgan fingerprint density at radius 3 is 2.12 bits per heavy atom. The minimum absolute atomic E-state index is 0.0104. The Bertz CT molecular complexity index is 251.